The van der Waals surface area contributed by atoms with Gasteiger partial charge in [-0.15, -0.1) is 12.4 Å². The number of nitrogens with two attached hydrogens (primary N) is 1. The number of carbonyl (C=O) groups excluding carboxylic acids is 2. The monoisotopic (exact) mass is 323 g/mol. The molecule has 1 aromatic rings. The van der Waals surface area contributed by atoms with Crippen LogP contribution in [0.3, 0.4) is 0 Å². The molecule has 1 atom stereocenters. The summed E-state index contributed by atoms with van der Waals surface area (Å²) in [6, 6.07) is 7.38. The molecule has 2 aliphatic rings. The number of amides is 2. The van der Waals surface area contributed by atoms with E-state index in [4.69, 9.17) is 5.73 Å². The van der Waals surface area contributed by atoms with Crippen molar-refractivity contribution in [1.82, 2.24) is 10.2 Å². The quantitative estimate of drug-likeness (QED) is 0.843. The smallest absolute Gasteiger partial charge is 0.240 e. The third-order valence-electron chi connectivity index (χ3n) is 4.30. The van der Waals surface area contributed by atoms with Crippen molar-refractivity contribution < 1.29 is 9.59 Å². The van der Waals surface area contributed by atoms with Crippen molar-refractivity contribution >= 4 is 24.2 Å². The van der Waals surface area contributed by atoms with Crippen LogP contribution in [0.15, 0.2) is 24.3 Å². The standard InChI is InChI=1S/C16H21N3O2.ClH/c17-16(21)14-7-12-3-1-2-4-13(12)10-19(14)15(20)9-18-8-11-5-6-11;/h1-4,11,14,18H,5-10H2,(H2,17,21);1H. The molecule has 0 spiro atoms. The predicted molar refractivity (Wildman–Crippen MR) is 86.5 cm³/mol. The molecule has 1 saturated carbocycles. The van der Waals surface area contributed by atoms with Crippen molar-refractivity contribution in [2.24, 2.45) is 11.7 Å². The molecule has 3 N–H and O–H groups in total. The first kappa shape index (κ1) is 16.8. The average Bonchev–Trinajstić information content (AvgIpc) is 3.30. The van der Waals surface area contributed by atoms with Crippen molar-refractivity contribution in [3.63, 3.8) is 0 Å². The number of hydrogen-bond acceptors (Lipinski definition) is 3. The van der Waals surface area contributed by atoms with Crippen molar-refractivity contribution in [3.8, 4) is 0 Å². The maximum atomic E-state index is 12.4. The number of benzene rings is 1. The van der Waals surface area contributed by atoms with E-state index in [9.17, 15) is 9.59 Å². The second-order valence-electron chi connectivity index (χ2n) is 5.99. The Bertz CT molecular complexity index is 560. The molecule has 1 heterocycles. The van der Waals surface area contributed by atoms with Crippen molar-refractivity contribution in [1.29, 1.82) is 0 Å². The molecular weight excluding hydrogens is 302 g/mol. The van der Waals surface area contributed by atoms with Gasteiger partial charge in [-0.05, 0) is 36.4 Å². The summed E-state index contributed by atoms with van der Waals surface area (Å²) in [5.74, 6) is 0.251. The maximum absolute atomic E-state index is 12.4. The number of nitrogens with zero attached hydrogens (tertiary/aromatic N) is 1. The van der Waals surface area contributed by atoms with Gasteiger partial charge in [-0.3, -0.25) is 9.59 Å². The molecule has 0 saturated heterocycles. The molecule has 1 aliphatic heterocycles. The SMILES string of the molecule is Cl.NC(=O)C1Cc2ccccc2CN1C(=O)CNCC1CC1. The molecule has 1 unspecified atom stereocenters. The van der Waals surface area contributed by atoms with E-state index in [1.165, 1.54) is 12.8 Å². The summed E-state index contributed by atoms with van der Waals surface area (Å²) < 4.78 is 0. The summed E-state index contributed by atoms with van der Waals surface area (Å²) in [7, 11) is 0. The number of rotatable bonds is 5. The van der Waals surface area contributed by atoms with E-state index in [1.54, 1.807) is 4.90 Å². The molecule has 120 valence electrons. The van der Waals surface area contributed by atoms with Gasteiger partial charge in [0.1, 0.15) is 6.04 Å². The van der Waals surface area contributed by atoms with Gasteiger partial charge < -0.3 is 16.0 Å². The van der Waals surface area contributed by atoms with Crippen LogP contribution in [0.5, 0.6) is 0 Å². The number of carbonyl (C=O) groups is 2. The minimum absolute atomic E-state index is 0. The first-order valence-corrected chi connectivity index (χ1v) is 7.51. The van der Waals surface area contributed by atoms with Gasteiger partial charge in [0.2, 0.25) is 11.8 Å². The van der Waals surface area contributed by atoms with E-state index in [1.807, 2.05) is 24.3 Å². The fourth-order valence-electron chi connectivity index (χ4n) is 2.85. The minimum Gasteiger partial charge on any atom is -0.368 e. The molecule has 3 rings (SSSR count). The van der Waals surface area contributed by atoms with Gasteiger partial charge in [0.05, 0.1) is 6.54 Å². The second-order valence-corrected chi connectivity index (χ2v) is 5.99. The van der Waals surface area contributed by atoms with Crippen LogP contribution in [0.4, 0.5) is 0 Å². The summed E-state index contributed by atoms with van der Waals surface area (Å²) in [5.41, 5.74) is 7.70. The highest BCUT2D eigenvalue weighted by atomic mass is 35.5. The molecule has 0 radical (unpaired) electrons. The van der Waals surface area contributed by atoms with E-state index < -0.39 is 11.9 Å². The topological polar surface area (TPSA) is 75.4 Å². The van der Waals surface area contributed by atoms with E-state index >= 15 is 0 Å². The van der Waals surface area contributed by atoms with E-state index in [-0.39, 0.29) is 24.9 Å². The van der Waals surface area contributed by atoms with Gasteiger partial charge in [0, 0.05) is 13.0 Å². The van der Waals surface area contributed by atoms with Gasteiger partial charge in [-0.2, -0.15) is 0 Å². The van der Waals surface area contributed by atoms with Crippen LogP contribution in [0, 0.1) is 5.92 Å². The Hall–Kier alpha value is -1.59. The lowest BCUT2D eigenvalue weighted by Gasteiger charge is -2.35. The molecule has 1 aliphatic carbocycles. The Balaban J connectivity index is 0.00000176. The average molecular weight is 324 g/mol. The zero-order valence-corrected chi connectivity index (χ0v) is 13.3. The summed E-state index contributed by atoms with van der Waals surface area (Å²) in [6.07, 6.45) is 3.02. The van der Waals surface area contributed by atoms with E-state index in [0.717, 1.165) is 23.6 Å². The second kappa shape index (κ2) is 7.11. The lowest BCUT2D eigenvalue weighted by Crippen LogP contribution is -2.53. The van der Waals surface area contributed by atoms with E-state index in [2.05, 4.69) is 5.32 Å². The van der Waals surface area contributed by atoms with Crippen LogP contribution in [-0.2, 0) is 22.6 Å². The first-order valence-electron chi connectivity index (χ1n) is 7.51. The number of fused-ring (bicyclic) bond motifs is 1. The van der Waals surface area contributed by atoms with Crippen LogP contribution in [0.2, 0.25) is 0 Å². The third kappa shape index (κ3) is 3.78. The molecule has 1 fully saturated rings. The van der Waals surface area contributed by atoms with Crippen molar-refractivity contribution in [2.75, 3.05) is 13.1 Å². The third-order valence-corrected chi connectivity index (χ3v) is 4.30. The van der Waals surface area contributed by atoms with Crippen LogP contribution < -0.4 is 11.1 Å². The molecule has 0 aromatic heterocycles. The Morgan fingerprint density at radius 1 is 1.23 bits per heavy atom. The van der Waals surface area contributed by atoms with E-state index in [0.29, 0.717) is 13.0 Å². The summed E-state index contributed by atoms with van der Waals surface area (Å²) in [6.45, 7) is 1.63. The molecule has 0 bridgehead atoms. The largest absolute Gasteiger partial charge is 0.368 e. The Morgan fingerprint density at radius 2 is 1.91 bits per heavy atom. The molecule has 6 heteroatoms. The maximum Gasteiger partial charge on any atom is 0.240 e. The highest BCUT2D eigenvalue weighted by molar-refractivity contribution is 5.88. The van der Waals surface area contributed by atoms with Gasteiger partial charge >= 0.3 is 0 Å². The lowest BCUT2D eigenvalue weighted by molar-refractivity contribution is -0.139. The molecule has 5 nitrogen and oxygen atoms in total. The van der Waals surface area contributed by atoms with Gasteiger partial charge in [0.15, 0.2) is 0 Å². The van der Waals surface area contributed by atoms with Gasteiger partial charge in [-0.25, -0.2) is 0 Å². The van der Waals surface area contributed by atoms with Gasteiger partial charge in [0.25, 0.3) is 0 Å². The van der Waals surface area contributed by atoms with Crippen LogP contribution in [-0.4, -0.2) is 35.8 Å². The summed E-state index contributed by atoms with van der Waals surface area (Å²) in [4.78, 5) is 25.7. The zero-order chi connectivity index (χ0) is 14.8. The minimum atomic E-state index is -0.532. The molecular formula is C16H22ClN3O2. The molecule has 22 heavy (non-hydrogen) atoms. The van der Waals surface area contributed by atoms with Crippen molar-refractivity contribution in [2.45, 2.75) is 31.8 Å². The number of primary amides is 1. The number of halogens is 1. The van der Waals surface area contributed by atoms with Crippen molar-refractivity contribution in [3.05, 3.63) is 35.4 Å². The first-order chi connectivity index (χ1) is 10.1. The van der Waals surface area contributed by atoms with Crippen LogP contribution in [0.1, 0.15) is 24.0 Å². The molecule has 1 aromatic carbocycles. The Labute approximate surface area is 136 Å². The summed E-state index contributed by atoms with van der Waals surface area (Å²) in [5, 5.41) is 3.18. The Kier molecular flexibility index (Phi) is 5.42. The highest BCUT2D eigenvalue weighted by Crippen LogP contribution is 2.27. The zero-order valence-electron chi connectivity index (χ0n) is 12.5. The number of nitrogens with one attached hydrogen (secondary N) is 1. The lowest BCUT2D eigenvalue weighted by atomic mass is 9.93. The molecule has 2 amide bonds. The number of hydrogen-bond donors (Lipinski definition) is 2. The van der Waals surface area contributed by atoms with Gasteiger partial charge in [-0.1, -0.05) is 24.3 Å². The fourth-order valence-corrected chi connectivity index (χ4v) is 2.85. The van der Waals surface area contributed by atoms with Crippen LogP contribution >= 0.6 is 12.4 Å². The Morgan fingerprint density at radius 3 is 2.55 bits per heavy atom. The highest BCUT2D eigenvalue weighted by Gasteiger charge is 2.33. The van der Waals surface area contributed by atoms with Crippen LogP contribution in [0.25, 0.3) is 0 Å². The normalized spacial score (nSPS) is 20.0. The predicted octanol–water partition coefficient (Wildman–Crippen LogP) is 0.847. The summed E-state index contributed by atoms with van der Waals surface area (Å²) >= 11 is 0. The fraction of sp³-hybridized carbons (Fsp3) is 0.500.